The minimum Gasteiger partial charge on any atom is -0.480 e. The molecule has 3 aromatic carbocycles. The maximum Gasteiger partial charge on any atom is 0.490 e. The van der Waals surface area contributed by atoms with Gasteiger partial charge in [0.05, 0.1) is 6.54 Å². The second kappa shape index (κ2) is 19.2. The van der Waals surface area contributed by atoms with Gasteiger partial charge in [-0.05, 0) is 53.9 Å². The molecule has 0 fully saturated rings. The minimum atomic E-state index is -5.08. The predicted octanol–water partition coefficient (Wildman–Crippen LogP) is 2.78. The molecular formula is C31H31F6N5O9. The summed E-state index contributed by atoms with van der Waals surface area (Å²) in [5, 5.41) is 23.3. The van der Waals surface area contributed by atoms with E-state index < -0.39 is 42.7 Å². The third-order valence-corrected chi connectivity index (χ3v) is 6.24. The lowest BCUT2D eigenvalue weighted by Crippen LogP contribution is -2.35. The summed E-state index contributed by atoms with van der Waals surface area (Å²) in [7, 11) is 0. The number of hydrogen-bond donors (Lipinski definition) is 6. The molecular weight excluding hydrogens is 700 g/mol. The van der Waals surface area contributed by atoms with E-state index in [1.54, 1.807) is 59.5 Å². The highest BCUT2D eigenvalue weighted by Crippen LogP contribution is 2.29. The van der Waals surface area contributed by atoms with Crippen molar-refractivity contribution >= 4 is 47.0 Å². The number of halogens is 6. The first-order chi connectivity index (χ1) is 23.6. The van der Waals surface area contributed by atoms with Crippen molar-refractivity contribution in [2.45, 2.75) is 25.3 Å². The Morgan fingerprint density at radius 3 is 1.75 bits per heavy atom. The molecule has 1 aliphatic heterocycles. The fraction of sp³-hybridized carbons (Fsp3) is 0.226. The lowest BCUT2D eigenvalue weighted by molar-refractivity contribution is -0.193. The third kappa shape index (κ3) is 14.2. The highest BCUT2D eigenvalue weighted by atomic mass is 19.4. The summed E-state index contributed by atoms with van der Waals surface area (Å²) in [6.45, 7) is 0.523. The molecule has 0 saturated carbocycles. The first-order valence-corrected chi connectivity index (χ1v) is 14.0. The van der Waals surface area contributed by atoms with Crippen LogP contribution in [0.5, 0.6) is 0 Å². The average Bonchev–Trinajstić information content (AvgIpc) is 3.50. The number of para-hydroxylation sites is 1. The zero-order valence-electron chi connectivity index (χ0n) is 26.1. The number of nitrogens with two attached hydrogens (primary N) is 3. The number of carboxylic acids is 3. The number of hydrogen-bond acceptors (Lipinski definition) is 8. The van der Waals surface area contributed by atoms with Gasteiger partial charge in [0.25, 0.3) is 5.91 Å². The number of carbonyl (C=O) groups excluding carboxylic acids is 3. The normalized spacial score (nSPS) is 11.6. The largest absolute Gasteiger partial charge is 0.490 e. The van der Waals surface area contributed by atoms with Crippen LogP contribution in [0.3, 0.4) is 0 Å². The quantitative estimate of drug-likeness (QED) is 0.193. The zero-order chi connectivity index (χ0) is 39.1. The van der Waals surface area contributed by atoms with Crippen molar-refractivity contribution in [3.63, 3.8) is 0 Å². The fourth-order valence-electron chi connectivity index (χ4n) is 3.91. The number of amides is 3. The Kier molecular flexibility index (Phi) is 16.2. The SMILES string of the molecule is NCC(=O)N1CCc2ccc(C(N)=O)cc21.NCc1cccc(C(=O)N(CC(=O)O)c2ccccc2)c1.O=C(O)C(F)(F)F.O=C(O)C(F)(F)F. The molecule has 0 atom stereocenters. The number of anilines is 2. The highest BCUT2D eigenvalue weighted by Gasteiger charge is 2.39. The van der Waals surface area contributed by atoms with Gasteiger partial charge in [-0.1, -0.05) is 36.4 Å². The lowest BCUT2D eigenvalue weighted by atomic mass is 10.1. The molecule has 14 nitrogen and oxygen atoms in total. The average molecular weight is 732 g/mol. The monoisotopic (exact) mass is 731 g/mol. The van der Waals surface area contributed by atoms with E-state index >= 15 is 0 Å². The predicted molar refractivity (Wildman–Crippen MR) is 168 cm³/mol. The number of carboxylic acid groups (broad SMARTS) is 3. The van der Waals surface area contributed by atoms with Gasteiger partial charge in [0.15, 0.2) is 0 Å². The van der Waals surface area contributed by atoms with Gasteiger partial charge >= 0.3 is 30.3 Å². The van der Waals surface area contributed by atoms with Gasteiger partial charge in [0.1, 0.15) is 6.54 Å². The van der Waals surface area contributed by atoms with Crippen molar-refractivity contribution in [3.8, 4) is 0 Å². The fourth-order valence-corrected chi connectivity index (χ4v) is 3.91. The van der Waals surface area contributed by atoms with Gasteiger partial charge in [-0.25, -0.2) is 9.59 Å². The van der Waals surface area contributed by atoms with Crippen molar-refractivity contribution in [2.75, 3.05) is 29.4 Å². The molecule has 3 amide bonds. The third-order valence-electron chi connectivity index (χ3n) is 6.24. The standard InChI is InChI=1S/C16H16N2O3.C11H13N3O2.2C2HF3O2/c17-10-12-5-4-6-13(9-12)16(21)18(11-15(19)20)14-7-2-1-3-8-14;12-6-10(15)14-4-3-7-1-2-8(11(13)16)5-9(7)14;2*3-2(4,5)1(6)7/h1-9H,10-11,17H2,(H,19,20);1-2,5H,3-4,6,12H2,(H2,13,16);2*(H,6,7). The van der Waals surface area contributed by atoms with Crippen molar-refractivity contribution in [1.29, 1.82) is 0 Å². The molecule has 0 radical (unpaired) electrons. The van der Waals surface area contributed by atoms with E-state index in [0.717, 1.165) is 23.2 Å². The first kappa shape index (κ1) is 43.0. The second-order valence-corrected chi connectivity index (χ2v) is 9.84. The maximum absolute atomic E-state index is 12.6. The minimum absolute atomic E-state index is 0.0275. The van der Waals surface area contributed by atoms with Crippen molar-refractivity contribution in [2.24, 2.45) is 17.2 Å². The van der Waals surface area contributed by atoms with Gasteiger partial charge in [-0.2, -0.15) is 26.3 Å². The summed E-state index contributed by atoms with van der Waals surface area (Å²) in [4.78, 5) is 66.8. The summed E-state index contributed by atoms with van der Waals surface area (Å²) < 4.78 is 63.5. The van der Waals surface area contributed by atoms with Gasteiger partial charge in [0.2, 0.25) is 11.8 Å². The Morgan fingerprint density at radius 2 is 1.29 bits per heavy atom. The Labute approximate surface area is 284 Å². The van der Waals surface area contributed by atoms with E-state index in [9.17, 15) is 45.5 Å². The molecule has 0 saturated heterocycles. The lowest BCUT2D eigenvalue weighted by Gasteiger charge is -2.21. The van der Waals surface area contributed by atoms with Gasteiger partial charge in [-0.3, -0.25) is 24.1 Å². The summed E-state index contributed by atoms with van der Waals surface area (Å²) in [5.41, 5.74) is 20.1. The molecule has 1 aliphatic rings. The van der Waals surface area contributed by atoms with Crippen molar-refractivity contribution in [3.05, 3.63) is 95.1 Å². The van der Waals surface area contributed by atoms with E-state index in [0.29, 0.717) is 29.9 Å². The van der Waals surface area contributed by atoms with E-state index in [4.69, 9.17) is 42.1 Å². The summed E-state index contributed by atoms with van der Waals surface area (Å²) in [6.07, 6.45) is -9.37. The summed E-state index contributed by atoms with van der Waals surface area (Å²) in [5.74, 6) is -7.57. The smallest absolute Gasteiger partial charge is 0.480 e. The van der Waals surface area contributed by atoms with Crippen LogP contribution in [0.15, 0.2) is 72.8 Å². The number of rotatable bonds is 7. The van der Waals surface area contributed by atoms with Gasteiger partial charge in [0, 0.05) is 35.6 Å². The molecule has 0 aromatic heterocycles. The number of carbonyl (C=O) groups is 6. The Morgan fingerprint density at radius 1 is 0.745 bits per heavy atom. The topological polar surface area (TPSA) is 248 Å². The molecule has 0 bridgehead atoms. The van der Waals surface area contributed by atoms with Crippen LogP contribution < -0.4 is 27.0 Å². The molecule has 0 spiro atoms. The first-order valence-electron chi connectivity index (χ1n) is 14.0. The number of fused-ring (bicyclic) bond motifs is 1. The van der Waals surface area contributed by atoms with E-state index in [1.807, 2.05) is 18.2 Å². The molecule has 3 aromatic rings. The molecule has 51 heavy (non-hydrogen) atoms. The van der Waals surface area contributed by atoms with Crippen LogP contribution in [0.25, 0.3) is 0 Å². The van der Waals surface area contributed by atoms with E-state index in [1.165, 1.54) is 4.90 Å². The Hall–Kier alpha value is -6.02. The van der Waals surface area contributed by atoms with Crippen LogP contribution in [0.2, 0.25) is 0 Å². The number of nitrogens with zero attached hydrogens (tertiary/aromatic N) is 2. The van der Waals surface area contributed by atoms with Crippen LogP contribution in [-0.4, -0.2) is 82.9 Å². The molecule has 276 valence electrons. The van der Waals surface area contributed by atoms with E-state index in [-0.39, 0.29) is 18.4 Å². The highest BCUT2D eigenvalue weighted by molar-refractivity contribution is 6.08. The van der Waals surface area contributed by atoms with Crippen LogP contribution in [0.1, 0.15) is 31.8 Å². The number of primary amides is 1. The summed E-state index contributed by atoms with van der Waals surface area (Å²) >= 11 is 0. The Balaban J connectivity index is 0.000000380. The molecule has 1 heterocycles. The molecule has 0 aliphatic carbocycles. The molecule has 9 N–H and O–H groups in total. The Bertz CT molecular complexity index is 1680. The van der Waals surface area contributed by atoms with Crippen LogP contribution in [0, 0.1) is 0 Å². The van der Waals surface area contributed by atoms with Gasteiger partial charge in [-0.15, -0.1) is 0 Å². The zero-order valence-corrected chi connectivity index (χ0v) is 26.1. The van der Waals surface area contributed by atoms with Crippen LogP contribution >= 0.6 is 0 Å². The van der Waals surface area contributed by atoms with Crippen LogP contribution in [-0.2, 0) is 32.1 Å². The summed E-state index contributed by atoms with van der Waals surface area (Å²) in [6, 6.07) is 20.8. The van der Waals surface area contributed by atoms with E-state index in [2.05, 4.69) is 0 Å². The second-order valence-electron chi connectivity index (χ2n) is 9.84. The number of benzene rings is 3. The van der Waals surface area contributed by atoms with Gasteiger partial charge < -0.3 is 37.4 Å². The van der Waals surface area contributed by atoms with Crippen LogP contribution in [0.4, 0.5) is 37.7 Å². The molecule has 0 unspecified atom stereocenters. The van der Waals surface area contributed by atoms with Crippen molar-refractivity contribution in [1.82, 2.24) is 0 Å². The molecule has 4 rings (SSSR count). The van der Waals surface area contributed by atoms with Crippen molar-refractivity contribution < 1.29 is 70.4 Å². The molecule has 20 heteroatoms. The number of aliphatic carboxylic acids is 3. The maximum atomic E-state index is 12.6. The number of alkyl halides is 6.